The third-order valence-electron chi connectivity index (χ3n) is 4.01. The molecule has 2 amide bonds. The lowest BCUT2D eigenvalue weighted by atomic mass is 9.88. The zero-order valence-electron chi connectivity index (χ0n) is 14.9. The largest absolute Gasteiger partial charge is 0.445 e. The average molecular weight is 340 g/mol. The molecule has 0 fully saturated rings. The molecule has 0 saturated carbocycles. The van der Waals surface area contributed by atoms with Crippen LogP contribution < -0.4 is 5.32 Å². The highest BCUT2D eigenvalue weighted by Crippen LogP contribution is 2.25. The summed E-state index contributed by atoms with van der Waals surface area (Å²) in [5, 5.41) is 2.86. The summed E-state index contributed by atoms with van der Waals surface area (Å²) in [7, 11) is 3.39. The molecule has 2 rings (SSSR count). The average Bonchev–Trinajstić information content (AvgIpc) is 2.61. The summed E-state index contributed by atoms with van der Waals surface area (Å²) in [5.74, 6) is -0.0743. The van der Waals surface area contributed by atoms with Crippen LogP contribution in [0.1, 0.15) is 24.5 Å². The Bertz CT molecular complexity index is 701. The molecule has 132 valence electrons. The molecule has 1 atom stereocenters. The van der Waals surface area contributed by atoms with Gasteiger partial charge in [0.1, 0.15) is 6.61 Å². The summed E-state index contributed by atoms with van der Waals surface area (Å²) in [4.78, 5) is 26.0. The standard InChI is InChI=1S/C20H24N2O3/c1-20(14-18(23)22(2)3,17-12-8-5-9-13-17)21-19(24)25-15-16-10-6-4-7-11-16/h4-13H,14-15H2,1-3H3,(H,21,24). The molecule has 1 unspecified atom stereocenters. The smallest absolute Gasteiger partial charge is 0.408 e. The van der Waals surface area contributed by atoms with E-state index in [0.29, 0.717) is 0 Å². The predicted molar refractivity (Wildman–Crippen MR) is 96.9 cm³/mol. The van der Waals surface area contributed by atoms with Gasteiger partial charge in [-0.05, 0) is 18.1 Å². The van der Waals surface area contributed by atoms with Crippen molar-refractivity contribution in [3.05, 3.63) is 71.8 Å². The van der Waals surface area contributed by atoms with Crippen LogP contribution in [-0.4, -0.2) is 31.0 Å². The van der Waals surface area contributed by atoms with Crippen molar-refractivity contribution in [1.29, 1.82) is 0 Å². The van der Waals surface area contributed by atoms with Gasteiger partial charge < -0.3 is 15.0 Å². The summed E-state index contributed by atoms with van der Waals surface area (Å²) in [6, 6.07) is 18.9. The van der Waals surface area contributed by atoms with Crippen molar-refractivity contribution in [2.24, 2.45) is 0 Å². The van der Waals surface area contributed by atoms with Gasteiger partial charge >= 0.3 is 6.09 Å². The molecule has 0 aliphatic heterocycles. The number of rotatable bonds is 6. The van der Waals surface area contributed by atoms with Crippen LogP contribution in [0.15, 0.2) is 60.7 Å². The fourth-order valence-electron chi connectivity index (χ4n) is 2.47. The first kappa shape index (κ1) is 18.5. The van der Waals surface area contributed by atoms with Crippen LogP contribution >= 0.6 is 0 Å². The van der Waals surface area contributed by atoms with Crippen molar-refractivity contribution < 1.29 is 14.3 Å². The van der Waals surface area contributed by atoms with Crippen molar-refractivity contribution in [3.63, 3.8) is 0 Å². The highest BCUT2D eigenvalue weighted by atomic mass is 16.5. The lowest BCUT2D eigenvalue weighted by molar-refractivity contribution is -0.130. The molecular formula is C20H24N2O3. The molecule has 0 bridgehead atoms. The second-order valence-electron chi connectivity index (χ2n) is 6.35. The third-order valence-corrected chi connectivity index (χ3v) is 4.01. The number of nitrogens with zero attached hydrogens (tertiary/aromatic N) is 1. The van der Waals surface area contributed by atoms with E-state index >= 15 is 0 Å². The number of carbonyl (C=O) groups is 2. The number of ether oxygens (including phenoxy) is 1. The number of benzene rings is 2. The number of nitrogens with one attached hydrogen (secondary N) is 1. The summed E-state index contributed by atoms with van der Waals surface area (Å²) < 4.78 is 5.31. The van der Waals surface area contributed by atoms with Crippen LogP contribution in [0, 0.1) is 0 Å². The molecule has 1 N–H and O–H groups in total. The van der Waals surface area contributed by atoms with Gasteiger partial charge in [-0.15, -0.1) is 0 Å². The van der Waals surface area contributed by atoms with Crippen molar-refractivity contribution in [3.8, 4) is 0 Å². The van der Waals surface area contributed by atoms with Gasteiger partial charge in [-0.25, -0.2) is 4.79 Å². The number of carbonyl (C=O) groups excluding carboxylic acids is 2. The van der Waals surface area contributed by atoms with E-state index in [2.05, 4.69) is 5.32 Å². The Kier molecular flexibility index (Phi) is 6.17. The van der Waals surface area contributed by atoms with Gasteiger partial charge in [0.2, 0.25) is 5.91 Å². The first-order valence-corrected chi connectivity index (χ1v) is 8.15. The summed E-state index contributed by atoms with van der Waals surface area (Å²) in [5.41, 5.74) is 0.904. The number of amides is 2. The maximum atomic E-state index is 12.3. The zero-order chi connectivity index (χ0) is 18.3. The summed E-state index contributed by atoms with van der Waals surface area (Å²) >= 11 is 0. The number of hydrogen-bond acceptors (Lipinski definition) is 3. The lowest BCUT2D eigenvalue weighted by Crippen LogP contribution is -2.46. The second kappa shape index (κ2) is 8.33. The van der Waals surface area contributed by atoms with E-state index in [1.165, 1.54) is 4.90 Å². The molecule has 0 heterocycles. The minimum atomic E-state index is -0.851. The Morgan fingerprint density at radius 2 is 1.56 bits per heavy atom. The second-order valence-corrected chi connectivity index (χ2v) is 6.35. The van der Waals surface area contributed by atoms with Gasteiger partial charge in [0, 0.05) is 14.1 Å². The summed E-state index contributed by atoms with van der Waals surface area (Å²) in [6.07, 6.45) is -0.411. The Morgan fingerprint density at radius 3 is 2.12 bits per heavy atom. The van der Waals surface area contributed by atoms with Gasteiger partial charge in [-0.2, -0.15) is 0 Å². The molecule has 25 heavy (non-hydrogen) atoms. The highest BCUT2D eigenvalue weighted by Gasteiger charge is 2.32. The van der Waals surface area contributed by atoms with Gasteiger partial charge in [0.05, 0.1) is 12.0 Å². The van der Waals surface area contributed by atoms with Crippen LogP contribution in [0.2, 0.25) is 0 Å². The van der Waals surface area contributed by atoms with Crippen molar-refractivity contribution in [2.75, 3.05) is 14.1 Å². The molecule has 0 spiro atoms. The van der Waals surface area contributed by atoms with Gasteiger partial charge in [-0.1, -0.05) is 60.7 Å². The lowest BCUT2D eigenvalue weighted by Gasteiger charge is -2.31. The Hall–Kier alpha value is -2.82. The van der Waals surface area contributed by atoms with E-state index in [1.54, 1.807) is 14.1 Å². The van der Waals surface area contributed by atoms with Crippen LogP contribution in [0.5, 0.6) is 0 Å². The van der Waals surface area contributed by atoms with E-state index in [1.807, 2.05) is 67.6 Å². The van der Waals surface area contributed by atoms with Gasteiger partial charge in [0.15, 0.2) is 0 Å². The molecule has 0 aliphatic rings. The Morgan fingerprint density at radius 1 is 1.00 bits per heavy atom. The normalized spacial score (nSPS) is 12.8. The van der Waals surface area contributed by atoms with E-state index < -0.39 is 11.6 Å². The van der Waals surface area contributed by atoms with E-state index in [-0.39, 0.29) is 18.9 Å². The minimum absolute atomic E-state index is 0.0743. The van der Waals surface area contributed by atoms with Gasteiger partial charge in [-0.3, -0.25) is 4.79 Å². The van der Waals surface area contributed by atoms with E-state index in [0.717, 1.165) is 11.1 Å². The Balaban J connectivity index is 2.10. The first-order chi connectivity index (χ1) is 11.9. The number of hydrogen-bond donors (Lipinski definition) is 1. The van der Waals surface area contributed by atoms with Crippen LogP contribution in [0.25, 0.3) is 0 Å². The predicted octanol–water partition coefficient (Wildman–Crippen LogP) is 3.31. The first-order valence-electron chi connectivity index (χ1n) is 8.15. The number of alkyl carbamates (subject to hydrolysis) is 1. The maximum Gasteiger partial charge on any atom is 0.408 e. The van der Waals surface area contributed by atoms with Crippen LogP contribution in [0.3, 0.4) is 0 Å². The van der Waals surface area contributed by atoms with Gasteiger partial charge in [0.25, 0.3) is 0 Å². The monoisotopic (exact) mass is 340 g/mol. The molecular weight excluding hydrogens is 316 g/mol. The molecule has 0 radical (unpaired) electrons. The topological polar surface area (TPSA) is 58.6 Å². The molecule has 2 aromatic rings. The van der Waals surface area contributed by atoms with Crippen LogP contribution in [-0.2, 0) is 21.7 Å². The molecule has 5 nitrogen and oxygen atoms in total. The molecule has 2 aromatic carbocycles. The van der Waals surface area contributed by atoms with Crippen molar-refractivity contribution in [2.45, 2.75) is 25.5 Å². The molecule has 0 saturated heterocycles. The quantitative estimate of drug-likeness (QED) is 0.878. The van der Waals surface area contributed by atoms with Crippen LogP contribution in [0.4, 0.5) is 4.79 Å². The minimum Gasteiger partial charge on any atom is -0.445 e. The zero-order valence-corrected chi connectivity index (χ0v) is 14.9. The fraction of sp³-hybridized carbons (Fsp3) is 0.300. The Labute approximate surface area is 148 Å². The third kappa shape index (κ3) is 5.35. The maximum absolute atomic E-state index is 12.3. The van der Waals surface area contributed by atoms with E-state index in [4.69, 9.17) is 4.74 Å². The van der Waals surface area contributed by atoms with Crippen molar-refractivity contribution >= 4 is 12.0 Å². The molecule has 0 aliphatic carbocycles. The van der Waals surface area contributed by atoms with E-state index in [9.17, 15) is 9.59 Å². The molecule has 0 aromatic heterocycles. The highest BCUT2D eigenvalue weighted by molar-refractivity contribution is 5.78. The van der Waals surface area contributed by atoms with Crippen molar-refractivity contribution in [1.82, 2.24) is 10.2 Å². The fourth-order valence-corrected chi connectivity index (χ4v) is 2.47. The SMILES string of the molecule is CN(C)C(=O)CC(C)(NC(=O)OCc1ccccc1)c1ccccc1. The summed E-state index contributed by atoms with van der Waals surface area (Å²) in [6.45, 7) is 2.01. The molecule has 5 heteroatoms.